The van der Waals surface area contributed by atoms with Crippen LogP contribution in [0.25, 0.3) is 10.2 Å². The van der Waals surface area contributed by atoms with E-state index in [4.69, 9.17) is 0 Å². The molecule has 4 nitrogen and oxygen atoms in total. The summed E-state index contributed by atoms with van der Waals surface area (Å²) in [5, 5.41) is 0.679. The number of carbonyl (C=O) groups excluding carboxylic acids is 1. The van der Waals surface area contributed by atoms with E-state index in [0.29, 0.717) is 10.7 Å². The number of hydrogen-bond donors (Lipinski definition) is 2. The molecule has 1 amide bonds. The highest BCUT2D eigenvalue weighted by molar-refractivity contribution is 7.98. The Morgan fingerprint density at radius 1 is 1.23 bits per heavy atom. The zero-order chi connectivity index (χ0) is 15.5. The number of fused-ring (bicyclic) bond motifs is 1. The Hall–Kier alpha value is -2.05. The van der Waals surface area contributed by atoms with Crippen molar-refractivity contribution in [2.24, 2.45) is 0 Å². The molecule has 0 bridgehead atoms. The van der Waals surface area contributed by atoms with E-state index in [0.717, 1.165) is 20.7 Å². The molecule has 0 saturated carbocycles. The van der Waals surface area contributed by atoms with Gasteiger partial charge in [-0.25, -0.2) is 4.98 Å². The van der Waals surface area contributed by atoms with E-state index in [2.05, 4.69) is 15.8 Å². The number of aryl methyl sites for hydroxylation is 1. The van der Waals surface area contributed by atoms with Crippen molar-refractivity contribution in [2.45, 2.75) is 11.8 Å². The number of carbonyl (C=O) groups is 1. The van der Waals surface area contributed by atoms with Gasteiger partial charge >= 0.3 is 0 Å². The number of hydrazine groups is 1. The predicted octanol–water partition coefficient (Wildman–Crippen LogP) is 4.08. The third-order valence-electron chi connectivity index (χ3n) is 3.24. The summed E-state index contributed by atoms with van der Waals surface area (Å²) in [5.41, 5.74) is 8.31. The number of thiazole rings is 1. The molecule has 6 heteroatoms. The molecular formula is C16H15N3OS2. The molecular weight excluding hydrogens is 314 g/mol. The second kappa shape index (κ2) is 6.37. The second-order valence-electron chi connectivity index (χ2n) is 4.75. The fourth-order valence-electron chi connectivity index (χ4n) is 2.09. The number of hydrogen-bond acceptors (Lipinski definition) is 5. The van der Waals surface area contributed by atoms with Crippen LogP contribution in [0.2, 0.25) is 0 Å². The highest BCUT2D eigenvalue weighted by atomic mass is 32.2. The van der Waals surface area contributed by atoms with E-state index < -0.39 is 0 Å². The van der Waals surface area contributed by atoms with Crippen LogP contribution in [-0.2, 0) is 0 Å². The number of anilines is 1. The first-order valence-corrected chi connectivity index (χ1v) is 8.78. The standard InChI is InChI=1S/C16H15N3OS2/c1-10-5-3-8-13-14(10)17-16(22-13)19-18-15(20)11-6-4-7-12(9-11)21-2/h3-9H,1-2H3,(H,17,19)(H,18,20). The molecule has 22 heavy (non-hydrogen) atoms. The Balaban J connectivity index is 1.73. The summed E-state index contributed by atoms with van der Waals surface area (Å²) in [6.07, 6.45) is 1.98. The topological polar surface area (TPSA) is 54.0 Å². The minimum atomic E-state index is -0.174. The summed E-state index contributed by atoms with van der Waals surface area (Å²) in [4.78, 5) is 17.7. The molecule has 0 radical (unpaired) electrons. The Morgan fingerprint density at radius 3 is 2.82 bits per heavy atom. The molecule has 3 aromatic rings. The van der Waals surface area contributed by atoms with Gasteiger partial charge in [-0.1, -0.05) is 29.5 Å². The summed E-state index contributed by atoms with van der Waals surface area (Å²) in [7, 11) is 0. The number of amides is 1. The van der Waals surface area contributed by atoms with Crippen LogP contribution < -0.4 is 10.9 Å². The van der Waals surface area contributed by atoms with Crippen molar-refractivity contribution in [3.05, 3.63) is 53.6 Å². The molecule has 1 aromatic heterocycles. The number of aromatic nitrogens is 1. The van der Waals surface area contributed by atoms with E-state index in [1.165, 1.54) is 11.3 Å². The molecule has 0 spiro atoms. The summed E-state index contributed by atoms with van der Waals surface area (Å²) in [6.45, 7) is 2.03. The van der Waals surface area contributed by atoms with Crippen LogP contribution in [0, 0.1) is 6.92 Å². The lowest BCUT2D eigenvalue weighted by molar-refractivity contribution is 0.0962. The number of thioether (sulfide) groups is 1. The summed E-state index contributed by atoms with van der Waals surface area (Å²) in [5.74, 6) is -0.174. The first-order chi connectivity index (χ1) is 10.7. The molecule has 2 N–H and O–H groups in total. The van der Waals surface area contributed by atoms with Gasteiger partial charge in [0, 0.05) is 10.5 Å². The number of para-hydroxylation sites is 1. The van der Waals surface area contributed by atoms with Crippen LogP contribution >= 0.6 is 23.1 Å². The highest BCUT2D eigenvalue weighted by Gasteiger charge is 2.08. The number of nitrogens with one attached hydrogen (secondary N) is 2. The van der Waals surface area contributed by atoms with Gasteiger partial charge in [0.25, 0.3) is 5.91 Å². The number of benzene rings is 2. The Bertz CT molecular complexity index is 829. The van der Waals surface area contributed by atoms with E-state index in [1.807, 2.05) is 49.6 Å². The van der Waals surface area contributed by atoms with Gasteiger partial charge < -0.3 is 0 Å². The molecule has 3 rings (SSSR count). The van der Waals surface area contributed by atoms with E-state index in [9.17, 15) is 4.79 Å². The summed E-state index contributed by atoms with van der Waals surface area (Å²) >= 11 is 3.12. The largest absolute Gasteiger partial charge is 0.273 e. The molecule has 0 saturated heterocycles. The van der Waals surface area contributed by atoms with Gasteiger partial charge in [-0.05, 0) is 43.0 Å². The van der Waals surface area contributed by atoms with Gasteiger partial charge in [0.1, 0.15) is 0 Å². The maximum atomic E-state index is 12.2. The first-order valence-electron chi connectivity index (χ1n) is 6.74. The Labute approximate surface area is 136 Å². The minimum absolute atomic E-state index is 0.174. The number of nitrogens with zero attached hydrogens (tertiary/aromatic N) is 1. The third kappa shape index (κ3) is 3.08. The molecule has 1 heterocycles. The van der Waals surface area contributed by atoms with Crippen molar-refractivity contribution in [3.63, 3.8) is 0 Å². The maximum Gasteiger partial charge on any atom is 0.269 e. The van der Waals surface area contributed by atoms with Crippen LogP contribution in [0.4, 0.5) is 5.13 Å². The van der Waals surface area contributed by atoms with Crippen molar-refractivity contribution in [1.82, 2.24) is 10.4 Å². The Morgan fingerprint density at radius 2 is 2.05 bits per heavy atom. The van der Waals surface area contributed by atoms with E-state index in [1.54, 1.807) is 17.8 Å². The monoisotopic (exact) mass is 329 g/mol. The third-order valence-corrected chi connectivity index (χ3v) is 4.90. The van der Waals surface area contributed by atoms with Crippen molar-refractivity contribution >= 4 is 44.4 Å². The van der Waals surface area contributed by atoms with E-state index >= 15 is 0 Å². The second-order valence-corrected chi connectivity index (χ2v) is 6.66. The number of rotatable bonds is 4. The van der Waals surface area contributed by atoms with Gasteiger partial charge in [0.2, 0.25) is 5.13 Å². The Kier molecular flexibility index (Phi) is 4.31. The molecule has 0 aliphatic rings. The van der Waals surface area contributed by atoms with Crippen LogP contribution in [0.1, 0.15) is 15.9 Å². The lowest BCUT2D eigenvalue weighted by Crippen LogP contribution is -2.29. The molecule has 0 atom stereocenters. The van der Waals surface area contributed by atoms with Crippen molar-refractivity contribution in [2.75, 3.05) is 11.7 Å². The van der Waals surface area contributed by atoms with Crippen LogP contribution in [0.5, 0.6) is 0 Å². The van der Waals surface area contributed by atoms with Crippen molar-refractivity contribution in [1.29, 1.82) is 0 Å². The zero-order valence-electron chi connectivity index (χ0n) is 12.2. The summed E-state index contributed by atoms with van der Waals surface area (Å²) < 4.78 is 1.10. The fraction of sp³-hybridized carbons (Fsp3) is 0.125. The van der Waals surface area contributed by atoms with Crippen LogP contribution in [0.15, 0.2) is 47.4 Å². The normalized spacial score (nSPS) is 10.6. The predicted molar refractivity (Wildman–Crippen MR) is 93.7 cm³/mol. The van der Waals surface area contributed by atoms with E-state index in [-0.39, 0.29) is 5.91 Å². The van der Waals surface area contributed by atoms with Crippen molar-refractivity contribution < 1.29 is 4.79 Å². The molecule has 0 aliphatic heterocycles. The summed E-state index contributed by atoms with van der Waals surface area (Å²) in [6, 6.07) is 13.6. The first kappa shape index (κ1) is 14.9. The van der Waals surface area contributed by atoms with Gasteiger partial charge in [0.15, 0.2) is 0 Å². The SMILES string of the molecule is CSc1cccc(C(=O)NNc2nc3c(C)cccc3s2)c1. The smallest absolute Gasteiger partial charge is 0.269 e. The highest BCUT2D eigenvalue weighted by Crippen LogP contribution is 2.27. The van der Waals surface area contributed by atoms with Crippen LogP contribution in [0.3, 0.4) is 0 Å². The molecule has 0 fully saturated rings. The maximum absolute atomic E-state index is 12.2. The quantitative estimate of drug-likeness (QED) is 0.559. The lowest BCUT2D eigenvalue weighted by Gasteiger charge is -2.06. The molecule has 0 aliphatic carbocycles. The average molecular weight is 329 g/mol. The minimum Gasteiger partial charge on any atom is -0.273 e. The van der Waals surface area contributed by atoms with Gasteiger partial charge in [-0.3, -0.25) is 15.6 Å². The lowest BCUT2D eigenvalue weighted by atomic mass is 10.2. The van der Waals surface area contributed by atoms with Crippen LogP contribution in [-0.4, -0.2) is 17.1 Å². The van der Waals surface area contributed by atoms with Gasteiger partial charge in [0.05, 0.1) is 10.2 Å². The molecule has 2 aromatic carbocycles. The average Bonchev–Trinajstić information content (AvgIpc) is 2.97. The molecule has 112 valence electrons. The molecule has 0 unspecified atom stereocenters. The fourth-order valence-corrected chi connectivity index (χ4v) is 3.44. The van der Waals surface area contributed by atoms with Gasteiger partial charge in [-0.15, -0.1) is 11.8 Å². The zero-order valence-corrected chi connectivity index (χ0v) is 13.8. The van der Waals surface area contributed by atoms with Crippen molar-refractivity contribution in [3.8, 4) is 0 Å². The van der Waals surface area contributed by atoms with Gasteiger partial charge in [-0.2, -0.15) is 0 Å².